The van der Waals surface area contributed by atoms with Gasteiger partial charge < -0.3 is 16.2 Å². The SMILES string of the molecule is NC1CCC(C(=O)N[C@H](CO)c2ccccc2)C1. The summed E-state index contributed by atoms with van der Waals surface area (Å²) in [5.41, 5.74) is 6.73. The molecule has 0 bridgehead atoms. The molecule has 0 radical (unpaired) electrons. The topological polar surface area (TPSA) is 75.4 Å². The Labute approximate surface area is 107 Å². The Morgan fingerprint density at radius 3 is 2.67 bits per heavy atom. The molecule has 1 aliphatic rings. The zero-order valence-electron chi connectivity index (χ0n) is 10.4. The lowest BCUT2D eigenvalue weighted by atomic mass is 10.0. The van der Waals surface area contributed by atoms with Crippen LogP contribution in [0.1, 0.15) is 30.9 Å². The highest BCUT2D eigenvalue weighted by molar-refractivity contribution is 5.79. The monoisotopic (exact) mass is 248 g/mol. The van der Waals surface area contributed by atoms with E-state index < -0.39 is 0 Å². The van der Waals surface area contributed by atoms with Gasteiger partial charge >= 0.3 is 0 Å². The maximum absolute atomic E-state index is 12.1. The summed E-state index contributed by atoms with van der Waals surface area (Å²) in [7, 11) is 0. The first-order valence-electron chi connectivity index (χ1n) is 6.42. The average Bonchev–Trinajstić information content (AvgIpc) is 2.83. The first-order valence-corrected chi connectivity index (χ1v) is 6.42. The Morgan fingerprint density at radius 1 is 1.39 bits per heavy atom. The van der Waals surface area contributed by atoms with Crippen molar-refractivity contribution in [1.82, 2.24) is 5.32 Å². The molecule has 0 aliphatic heterocycles. The van der Waals surface area contributed by atoms with E-state index in [-0.39, 0.29) is 30.5 Å². The van der Waals surface area contributed by atoms with Crippen molar-refractivity contribution in [1.29, 1.82) is 0 Å². The van der Waals surface area contributed by atoms with Gasteiger partial charge in [-0.1, -0.05) is 30.3 Å². The van der Waals surface area contributed by atoms with Crippen molar-refractivity contribution in [3.63, 3.8) is 0 Å². The third-order valence-electron chi connectivity index (χ3n) is 3.54. The van der Waals surface area contributed by atoms with Gasteiger partial charge in [0.1, 0.15) is 0 Å². The van der Waals surface area contributed by atoms with Crippen molar-refractivity contribution in [3.05, 3.63) is 35.9 Å². The van der Waals surface area contributed by atoms with Gasteiger partial charge in [0.25, 0.3) is 0 Å². The first-order chi connectivity index (χ1) is 8.70. The van der Waals surface area contributed by atoms with E-state index in [1.54, 1.807) is 0 Å². The number of aliphatic hydroxyl groups is 1. The van der Waals surface area contributed by atoms with Gasteiger partial charge in [-0.2, -0.15) is 0 Å². The van der Waals surface area contributed by atoms with Gasteiger partial charge in [0, 0.05) is 12.0 Å². The summed E-state index contributed by atoms with van der Waals surface area (Å²) in [5, 5.41) is 12.3. The predicted octanol–water partition coefficient (Wildman–Crippen LogP) is 0.964. The van der Waals surface area contributed by atoms with Crippen LogP contribution in [-0.4, -0.2) is 23.7 Å². The molecule has 2 unspecified atom stereocenters. The van der Waals surface area contributed by atoms with E-state index in [2.05, 4.69) is 5.32 Å². The molecule has 1 aliphatic carbocycles. The largest absolute Gasteiger partial charge is 0.394 e. The van der Waals surface area contributed by atoms with E-state index in [1.807, 2.05) is 30.3 Å². The highest BCUT2D eigenvalue weighted by Gasteiger charge is 2.29. The zero-order chi connectivity index (χ0) is 13.0. The Morgan fingerprint density at radius 2 is 2.11 bits per heavy atom. The minimum Gasteiger partial charge on any atom is -0.394 e. The van der Waals surface area contributed by atoms with Gasteiger partial charge in [-0.3, -0.25) is 4.79 Å². The van der Waals surface area contributed by atoms with E-state index in [4.69, 9.17) is 5.73 Å². The molecule has 1 fully saturated rings. The summed E-state index contributed by atoms with van der Waals surface area (Å²) >= 11 is 0. The molecule has 1 saturated carbocycles. The number of nitrogens with two attached hydrogens (primary N) is 1. The molecule has 0 saturated heterocycles. The average molecular weight is 248 g/mol. The maximum Gasteiger partial charge on any atom is 0.223 e. The lowest BCUT2D eigenvalue weighted by Gasteiger charge is -2.19. The Kier molecular flexibility index (Phi) is 4.33. The summed E-state index contributed by atoms with van der Waals surface area (Å²) in [5.74, 6) is 0.00335. The van der Waals surface area contributed by atoms with E-state index >= 15 is 0 Å². The number of amides is 1. The van der Waals surface area contributed by atoms with Crippen LogP contribution in [0.25, 0.3) is 0 Å². The van der Waals surface area contributed by atoms with E-state index in [0.717, 1.165) is 24.8 Å². The Bertz CT molecular complexity index is 394. The molecule has 98 valence electrons. The van der Waals surface area contributed by atoms with Crippen molar-refractivity contribution in [2.45, 2.75) is 31.3 Å². The van der Waals surface area contributed by atoms with Gasteiger partial charge in [-0.15, -0.1) is 0 Å². The molecule has 1 aromatic carbocycles. The molecule has 1 amide bonds. The number of hydrogen-bond donors (Lipinski definition) is 3. The Hall–Kier alpha value is -1.39. The second kappa shape index (κ2) is 5.98. The summed E-state index contributed by atoms with van der Waals surface area (Å²) in [6.45, 7) is -0.0888. The predicted molar refractivity (Wildman–Crippen MR) is 69.7 cm³/mol. The van der Waals surface area contributed by atoms with Crippen LogP contribution in [0.2, 0.25) is 0 Å². The quantitative estimate of drug-likeness (QED) is 0.743. The van der Waals surface area contributed by atoms with Crippen LogP contribution in [0.15, 0.2) is 30.3 Å². The fourth-order valence-corrected chi connectivity index (χ4v) is 2.46. The molecular formula is C14H20N2O2. The molecule has 4 nitrogen and oxygen atoms in total. The van der Waals surface area contributed by atoms with Crippen LogP contribution >= 0.6 is 0 Å². The van der Waals surface area contributed by atoms with Gasteiger partial charge in [-0.25, -0.2) is 0 Å². The van der Waals surface area contributed by atoms with Gasteiger partial charge in [0.05, 0.1) is 12.6 Å². The van der Waals surface area contributed by atoms with Crippen LogP contribution in [0.3, 0.4) is 0 Å². The molecule has 4 N–H and O–H groups in total. The lowest BCUT2D eigenvalue weighted by molar-refractivity contribution is -0.125. The number of hydrogen-bond acceptors (Lipinski definition) is 3. The minimum atomic E-state index is -0.324. The maximum atomic E-state index is 12.1. The number of nitrogens with one attached hydrogen (secondary N) is 1. The first kappa shape index (κ1) is 13.1. The van der Waals surface area contributed by atoms with Crippen LogP contribution in [0, 0.1) is 5.92 Å². The molecule has 4 heteroatoms. The number of aliphatic hydroxyl groups excluding tert-OH is 1. The molecule has 1 aromatic rings. The van der Waals surface area contributed by atoms with Crippen LogP contribution in [0.5, 0.6) is 0 Å². The van der Waals surface area contributed by atoms with Crippen LogP contribution in [0.4, 0.5) is 0 Å². The second-order valence-corrected chi connectivity index (χ2v) is 4.92. The number of rotatable bonds is 4. The van der Waals surface area contributed by atoms with Gasteiger partial charge in [-0.05, 0) is 24.8 Å². The highest BCUT2D eigenvalue weighted by atomic mass is 16.3. The molecule has 0 heterocycles. The van der Waals surface area contributed by atoms with Crippen molar-refractivity contribution in [2.75, 3.05) is 6.61 Å². The summed E-state index contributed by atoms with van der Waals surface area (Å²) in [6.07, 6.45) is 2.51. The van der Waals surface area contributed by atoms with Crippen LogP contribution in [-0.2, 0) is 4.79 Å². The number of carbonyl (C=O) groups is 1. The molecule has 0 aromatic heterocycles. The fourth-order valence-electron chi connectivity index (χ4n) is 2.46. The summed E-state index contributed by atoms with van der Waals surface area (Å²) in [6, 6.07) is 9.34. The zero-order valence-corrected chi connectivity index (χ0v) is 10.4. The standard InChI is InChI=1S/C14H20N2O2/c15-12-7-6-11(8-12)14(18)16-13(9-17)10-4-2-1-3-5-10/h1-5,11-13,17H,6-9,15H2,(H,16,18)/t11?,12?,13-/m1/s1. The lowest BCUT2D eigenvalue weighted by Crippen LogP contribution is -2.35. The van der Waals surface area contributed by atoms with Crippen molar-refractivity contribution in [3.8, 4) is 0 Å². The Balaban J connectivity index is 1.96. The van der Waals surface area contributed by atoms with E-state index in [0.29, 0.717) is 0 Å². The van der Waals surface area contributed by atoms with Crippen LogP contribution < -0.4 is 11.1 Å². The van der Waals surface area contributed by atoms with E-state index in [1.165, 1.54) is 0 Å². The van der Waals surface area contributed by atoms with Crippen molar-refractivity contribution < 1.29 is 9.90 Å². The summed E-state index contributed by atoms with van der Waals surface area (Å²) < 4.78 is 0. The molecular weight excluding hydrogens is 228 g/mol. The smallest absolute Gasteiger partial charge is 0.223 e. The third-order valence-corrected chi connectivity index (χ3v) is 3.54. The highest BCUT2D eigenvalue weighted by Crippen LogP contribution is 2.25. The van der Waals surface area contributed by atoms with Crippen molar-refractivity contribution >= 4 is 5.91 Å². The van der Waals surface area contributed by atoms with E-state index in [9.17, 15) is 9.90 Å². The third kappa shape index (κ3) is 3.09. The van der Waals surface area contributed by atoms with Crippen molar-refractivity contribution in [2.24, 2.45) is 11.7 Å². The number of carbonyl (C=O) groups excluding carboxylic acids is 1. The molecule has 3 atom stereocenters. The second-order valence-electron chi connectivity index (χ2n) is 4.92. The molecule has 0 spiro atoms. The van der Waals surface area contributed by atoms with Gasteiger partial charge in [0.2, 0.25) is 5.91 Å². The van der Waals surface area contributed by atoms with Gasteiger partial charge in [0.15, 0.2) is 0 Å². The molecule has 2 rings (SSSR count). The molecule has 18 heavy (non-hydrogen) atoms. The number of benzene rings is 1. The normalized spacial score (nSPS) is 24.8. The summed E-state index contributed by atoms with van der Waals surface area (Å²) in [4.78, 5) is 12.1. The minimum absolute atomic E-state index is 0.00207. The fraction of sp³-hybridized carbons (Fsp3) is 0.500.